The molecule has 5 aromatic carbocycles. The zero-order valence-corrected chi connectivity index (χ0v) is 27.4. The lowest BCUT2D eigenvalue weighted by atomic mass is 9.59. The SMILES string of the molecule is [B]c1c([B])c([B])c(-c2ccc3c(c2)oc2cc(-c4nc(-c5c([B])c([B])c([B])c([B])c5[B])nc(-c5c([B])c([B])c([B])c([B])c5[B])n4)ccc23)c([B])c1[B]. The van der Waals surface area contributed by atoms with Gasteiger partial charge < -0.3 is 4.42 Å². The van der Waals surface area contributed by atoms with Gasteiger partial charge in [0.25, 0.3) is 0 Å². The molecule has 0 atom stereocenters. The summed E-state index contributed by atoms with van der Waals surface area (Å²) in [6.45, 7) is 0. The highest BCUT2D eigenvalue weighted by Crippen LogP contribution is 2.34. The van der Waals surface area contributed by atoms with E-state index >= 15 is 0 Å². The van der Waals surface area contributed by atoms with E-state index in [1.165, 1.54) is 0 Å². The molecule has 0 spiro atoms. The van der Waals surface area contributed by atoms with Gasteiger partial charge in [-0.3, -0.25) is 0 Å². The Morgan fingerprint density at radius 2 is 0.596 bits per heavy atom. The predicted octanol–water partition coefficient (Wildman–Crippen LogP) is -9.65. The van der Waals surface area contributed by atoms with Gasteiger partial charge in [-0.15, -0.1) is 49.2 Å². The topological polar surface area (TPSA) is 51.8 Å². The molecule has 19 heteroatoms. The molecule has 0 saturated heterocycles. The number of aromatic nitrogens is 3. The highest BCUT2D eigenvalue weighted by molar-refractivity contribution is 6.71. The van der Waals surface area contributed by atoms with Crippen molar-refractivity contribution in [3.8, 4) is 45.3 Å². The molecule has 2 heterocycles. The van der Waals surface area contributed by atoms with E-state index in [2.05, 4.69) is 4.98 Å². The maximum absolute atomic E-state index is 6.41. The summed E-state index contributed by atoms with van der Waals surface area (Å²) in [6.07, 6.45) is 0. The molecule has 7 aromatic rings. The van der Waals surface area contributed by atoms with Gasteiger partial charge in [-0.1, -0.05) is 44.9 Å². The molecule has 7 rings (SSSR count). The van der Waals surface area contributed by atoms with Crippen LogP contribution in [0.3, 0.4) is 0 Å². The number of furan rings is 1. The van der Waals surface area contributed by atoms with E-state index in [0.717, 1.165) is 10.8 Å². The molecular weight excluding hydrogens is 617 g/mol. The molecule has 0 amide bonds. The maximum Gasteiger partial charge on any atom is 0.164 e. The number of hydrogen-bond donors (Lipinski definition) is 0. The van der Waals surface area contributed by atoms with E-state index in [-0.39, 0.29) is 111 Å². The van der Waals surface area contributed by atoms with E-state index in [1.54, 1.807) is 18.2 Å². The zero-order chi connectivity index (χ0) is 37.7. The second-order valence-corrected chi connectivity index (χ2v) is 12.2. The van der Waals surface area contributed by atoms with E-state index in [0.29, 0.717) is 27.9 Å². The summed E-state index contributed by atoms with van der Waals surface area (Å²) in [5.74, 6) is 0.0532. The first-order chi connectivity index (χ1) is 24.5. The van der Waals surface area contributed by atoms with Crippen LogP contribution in [0.25, 0.3) is 67.2 Å². The maximum atomic E-state index is 6.41. The van der Waals surface area contributed by atoms with Gasteiger partial charge in [0.15, 0.2) is 17.5 Å². The molecule has 0 aliphatic heterocycles. The summed E-state index contributed by atoms with van der Waals surface area (Å²) in [7, 11) is 93.3. The molecule has 0 aliphatic rings. The van der Waals surface area contributed by atoms with Crippen LogP contribution < -0.4 is 81.9 Å². The monoisotopic (exact) mass is 625 g/mol. The standard InChI is InChI=1S/C33H6B15N3O/c34-16-13(17(35)23(41)28(46)22(16)40)7-1-3-9-10-4-2-8(6-12(10)52-11(9)5-7)31-49-32(14-18(36)24(42)29(47)25(43)19(14)37)51-33(50-31)15-20(38)26(44)30(48)27(45)21(15)39/h1-6H. The van der Waals surface area contributed by atoms with Crippen molar-refractivity contribution in [2.45, 2.75) is 0 Å². The summed E-state index contributed by atoms with van der Waals surface area (Å²) in [5, 5.41) is 1.56. The minimum atomic E-state index is -0.0345. The van der Waals surface area contributed by atoms with Crippen LogP contribution in [0.2, 0.25) is 0 Å². The minimum Gasteiger partial charge on any atom is -0.456 e. The third kappa shape index (κ3) is 5.48. The van der Waals surface area contributed by atoms with Gasteiger partial charge in [0, 0.05) is 27.5 Å². The van der Waals surface area contributed by atoms with E-state index in [1.807, 2.05) is 18.2 Å². The Morgan fingerprint density at radius 1 is 0.308 bits per heavy atom. The lowest BCUT2D eigenvalue weighted by Gasteiger charge is -2.22. The fourth-order valence-corrected chi connectivity index (χ4v) is 6.14. The first-order valence-corrected chi connectivity index (χ1v) is 15.3. The predicted molar refractivity (Wildman–Crippen MR) is 230 cm³/mol. The second kappa shape index (κ2) is 13.1. The van der Waals surface area contributed by atoms with Crippen molar-refractivity contribution >= 4 is 222 Å². The molecule has 204 valence electrons. The van der Waals surface area contributed by atoms with Gasteiger partial charge in [-0.25, -0.2) is 15.0 Å². The van der Waals surface area contributed by atoms with Crippen molar-refractivity contribution < 1.29 is 4.42 Å². The highest BCUT2D eigenvalue weighted by Gasteiger charge is 2.22. The van der Waals surface area contributed by atoms with Gasteiger partial charge >= 0.3 is 0 Å². The van der Waals surface area contributed by atoms with E-state index in [4.69, 9.17) is 132 Å². The summed E-state index contributed by atoms with van der Waals surface area (Å²) in [6, 6.07) is 10.8. The fourth-order valence-electron chi connectivity index (χ4n) is 6.14. The molecule has 0 saturated carbocycles. The fraction of sp³-hybridized carbons (Fsp3) is 0. The lowest BCUT2D eigenvalue weighted by Crippen LogP contribution is -2.55. The quantitative estimate of drug-likeness (QED) is 0.183. The van der Waals surface area contributed by atoms with Gasteiger partial charge in [0.1, 0.15) is 129 Å². The molecule has 0 N–H and O–H groups in total. The third-order valence-corrected chi connectivity index (χ3v) is 9.20. The van der Waals surface area contributed by atoms with Crippen LogP contribution in [-0.4, -0.2) is 133 Å². The average molecular weight is 623 g/mol. The summed E-state index contributed by atoms with van der Waals surface area (Å²) in [5.41, 5.74) is 3.38. The van der Waals surface area contributed by atoms with Crippen LogP contribution in [-0.2, 0) is 0 Å². The number of benzene rings is 5. The molecule has 52 heavy (non-hydrogen) atoms. The Balaban J connectivity index is 1.46. The van der Waals surface area contributed by atoms with Crippen LogP contribution in [0.15, 0.2) is 40.8 Å². The number of hydrogen-bond acceptors (Lipinski definition) is 4. The Kier molecular flexibility index (Phi) is 9.12. The Morgan fingerprint density at radius 3 is 0.981 bits per heavy atom. The third-order valence-electron chi connectivity index (χ3n) is 9.20. The van der Waals surface area contributed by atoms with Crippen LogP contribution in [0, 0.1) is 0 Å². The van der Waals surface area contributed by atoms with Crippen LogP contribution >= 0.6 is 0 Å². The zero-order valence-electron chi connectivity index (χ0n) is 27.4. The lowest BCUT2D eigenvalue weighted by molar-refractivity contribution is 0.669. The van der Waals surface area contributed by atoms with Gasteiger partial charge in [-0.05, 0) is 35.4 Å². The summed E-state index contributed by atoms with van der Waals surface area (Å²) in [4.78, 5) is 14.0. The number of rotatable bonds is 4. The van der Waals surface area contributed by atoms with Gasteiger partial charge in [0.2, 0.25) is 0 Å². The Labute approximate surface area is 321 Å². The average Bonchev–Trinajstić information content (AvgIpc) is 3.50. The number of fused-ring (bicyclic) bond motifs is 3. The molecule has 4 nitrogen and oxygen atoms in total. The molecular formula is C33H6B15N3O. The van der Waals surface area contributed by atoms with Crippen molar-refractivity contribution in [1.82, 2.24) is 15.0 Å². The van der Waals surface area contributed by atoms with E-state index in [9.17, 15) is 0 Å². The van der Waals surface area contributed by atoms with Gasteiger partial charge in [0.05, 0.1) is 0 Å². The normalized spacial score (nSPS) is 11.5. The smallest absolute Gasteiger partial charge is 0.164 e. The first kappa shape index (κ1) is 36.3. The van der Waals surface area contributed by atoms with Crippen molar-refractivity contribution in [3.63, 3.8) is 0 Å². The molecule has 0 bridgehead atoms. The molecule has 2 aromatic heterocycles. The van der Waals surface area contributed by atoms with Crippen molar-refractivity contribution in [2.24, 2.45) is 0 Å². The molecule has 0 aliphatic carbocycles. The highest BCUT2D eigenvalue weighted by atomic mass is 16.3. The number of nitrogens with zero attached hydrogens (tertiary/aromatic N) is 3. The first-order valence-electron chi connectivity index (χ1n) is 15.3. The largest absolute Gasteiger partial charge is 0.456 e. The van der Waals surface area contributed by atoms with E-state index < -0.39 is 0 Å². The second-order valence-electron chi connectivity index (χ2n) is 12.2. The molecule has 30 radical (unpaired) electrons. The minimum absolute atomic E-state index is 0.00743. The van der Waals surface area contributed by atoms with Crippen LogP contribution in [0.5, 0.6) is 0 Å². The van der Waals surface area contributed by atoms with Crippen LogP contribution in [0.1, 0.15) is 0 Å². The summed E-state index contributed by atoms with van der Waals surface area (Å²) >= 11 is 0. The molecule has 0 fully saturated rings. The van der Waals surface area contributed by atoms with Crippen molar-refractivity contribution in [2.75, 3.05) is 0 Å². The van der Waals surface area contributed by atoms with Crippen LogP contribution in [0.4, 0.5) is 0 Å². The summed E-state index contributed by atoms with van der Waals surface area (Å²) < 4.78 is 6.32. The molecule has 0 unspecified atom stereocenters. The Bertz CT molecular complexity index is 2540. The van der Waals surface area contributed by atoms with Gasteiger partial charge in [-0.2, -0.15) is 0 Å². The van der Waals surface area contributed by atoms with Crippen molar-refractivity contribution in [3.05, 3.63) is 36.4 Å². The Hall–Kier alpha value is -4.12. The van der Waals surface area contributed by atoms with Crippen molar-refractivity contribution in [1.29, 1.82) is 0 Å².